The van der Waals surface area contributed by atoms with Crippen LogP contribution in [0.15, 0.2) is 30.3 Å². The number of carbonyl (C=O) groups is 1. The Morgan fingerprint density at radius 1 is 0.864 bits per heavy atom. The van der Waals surface area contributed by atoms with E-state index in [1.54, 1.807) is 30.3 Å². The van der Waals surface area contributed by atoms with E-state index >= 15 is 0 Å². The topological polar surface area (TPSA) is 26.3 Å². The minimum absolute atomic E-state index is 0.469. The first-order chi connectivity index (χ1) is 10.3. The second-order valence-electron chi connectivity index (χ2n) is 4.45. The van der Waals surface area contributed by atoms with Crippen molar-refractivity contribution in [2.75, 3.05) is 0 Å². The summed E-state index contributed by atoms with van der Waals surface area (Å²) >= 11 is 0. The Hall–Kier alpha value is -2.44. The molecule has 22 heavy (non-hydrogen) atoms. The molecule has 1 atom stereocenters. The van der Waals surface area contributed by atoms with E-state index in [9.17, 15) is 26.7 Å². The predicted octanol–water partition coefficient (Wildman–Crippen LogP) is 4.09. The smallest absolute Gasteiger partial charge is 0.318 e. The van der Waals surface area contributed by atoms with Gasteiger partial charge < -0.3 is 4.74 Å². The molecule has 0 amide bonds. The van der Waals surface area contributed by atoms with Crippen molar-refractivity contribution in [1.29, 1.82) is 0 Å². The lowest BCUT2D eigenvalue weighted by molar-refractivity contribution is -0.136. The van der Waals surface area contributed by atoms with Gasteiger partial charge in [-0.15, -0.1) is 0 Å². The molecule has 2 nitrogen and oxygen atoms in total. The van der Waals surface area contributed by atoms with Gasteiger partial charge in [-0.25, -0.2) is 13.2 Å². The summed E-state index contributed by atoms with van der Waals surface area (Å²) in [5.41, 5.74) is 0.469. The van der Waals surface area contributed by atoms with Crippen molar-refractivity contribution >= 4 is 5.97 Å². The highest BCUT2D eigenvalue weighted by Gasteiger charge is 2.29. The number of hydrogen-bond donors (Lipinski definition) is 0. The van der Waals surface area contributed by atoms with Gasteiger partial charge in [0.1, 0.15) is 0 Å². The molecule has 0 bridgehead atoms. The molecule has 1 unspecified atom stereocenters. The molecule has 0 radical (unpaired) electrons. The van der Waals surface area contributed by atoms with Crippen molar-refractivity contribution in [3.05, 3.63) is 65.0 Å². The molecule has 2 aromatic rings. The second-order valence-corrected chi connectivity index (χ2v) is 4.45. The number of hydrogen-bond acceptors (Lipinski definition) is 2. The van der Waals surface area contributed by atoms with Crippen LogP contribution in [0.4, 0.5) is 22.0 Å². The van der Waals surface area contributed by atoms with Crippen molar-refractivity contribution in [1.82, 2.24) is 0 Å². The van der Waals surface area contributed by atoms with Gasteiger partial charge in [-0.3, -0.25) is 4.79 Å². The first-order valence-corrected chi connectivity index (χ1v) is 6.12. The molecular weight excluding hydrogens is 307 g/mol. The van der Waals surface area contributed by atoms with E-state index in [0.717, 1.165) is 0 Å². The molecule has 2 aromatic carbocycles. The maximum atomic E-state index is 13.4. The highest BCUT2D eigenvalue weighted by molar-refractivity contribution is 5.80. The Labute approximate surface area is 122 Å². The zero-order valence-electron chi connectivity index (χ0n) is 11.2. The van der Waals surface area contributed by atoms with E-state index < -0.39 is 46.7 Å². The maximum absolute atomic E-state index is 13.4. The number of carbonyl (C=O) groups excluding carboxylic acids is 1. The van der Waals surface area contributed by atoms with Crippen LogP contribution in [0.25, 0.3) is 0 Å². The monoisotopic (exact) mass is 316 g/mol. The van der Waals surface area contributed by atoms with Gasteiger partial charge in [0.05, 0.1) is 5.92 Å². The minimum atomic E-state index is -2.31. The van der Waals surface area contributed by atoms with Gasteiger partial charge in [0.15, 0.2) is 0 Å². The van der Waals surface area contributed by atoms with Crippen LogP contribution < -0.4 is 4.74 Å². The summed E-state index contributed by atoms with van der Waals surface area (Å²) in [7, 11) is 0. The summed E-state index contributed by atoms with van der Waals surface area (Å²) < 4.78 is 70.2. The predicted molar refractivity (Wildman–Crippen MR) is 66.7 cm³/mol. The van der Waals surface area contributed by atoms with Crippen LogP contribution in [-0.4, -0.2) is 5.97 Å². The summed E-state index contributed by atoms with van der Waals surface area (Å²) in [6.07, 6.45) is 0. The van der Waals surface area contributed by atoms with Crippen LogP contribution in [0.1, 0.15) is 18.4 Å². The fraction of sp³-hybridized carbons (Fsp3) is 0.133. The molecule has 0 N–H and O–H groups in total. The second kappa shape index (κ2) is 6.13. The number of benzene rings is 2. The SMILES string of the molecule is CC(C(=O)Oc1c(F)c(F)c(F)c(F)c1F)c1ccccc1. The van der Waals surface area contributed by atoms with E-state index in [-0.39, 0.29) is 0 Å². The van der Waals surface area contributed by atoms with Gasteiger partial charge in [0, 0.05) is 0 Å². The Balaban J connectivity index is 2.34. The van der Waals surface area contributed by atoms with E-state index in [2.05, 4.69) is 4.74 Å². The van der Waals surface area contributed by atoms with Gasteiger partial charge >= 0.3 is 5.97 Å². The summed E-state index contributed by atoms with van der Waals surface area (Å²) in [4.78, 5) is 11.8. The third-order valence-corrected chi connectivity index (χ3v) is 3.03. The van der Waals surface area contributed by atoms with E-state index in [1.165, 1.54) is 6.92 Å². The lowest BCUT2D eigenvalue weighted by Crippen LogP contribution is -2.19. The number of ether oxygens (including phenoxy) is 1. The lowest BCUT2D eigenvalue weighted by Gasteiger charge is -2.13. The molecule has 0 fully saturated rings. The van der Waals surface area contributed by atoms with Crippen molar-refractivity contribution in [2.45, 2.75) is 12.8 Å². The highest BCUT2D eigenvalue weighted by Crippen LogP contribution is 2.30. The molecule has 116 valence electrons. The zero-order valence-corrected chi connectivity index (χ0v) is 11.2. The summed E-state index contributed by atoms with van der Waals surface area (Å²) in [6, 6.07) is 8.05. The Morgan fingerprint density at radius 3 is 1.82 bits per heavy atom. The van der Waals surface area contributed by atoms with Gasteiger partial charge in [0.25, 0.3) is 0 Å². The zero-order chi connectivity index (χ0) is 16.4. The Kier molecular flexibility index (Phi) is 4.44. The lowest BCUT2D eigenvalue weighted by atomic mass is 10.0. The summed E-state index contributed by atoms with van der Waals surface area (Å²) in [5, 5.41) is 0. The Bertz CT molecular complexity index is 687. The van der Waals surface area contributed by atoms with E-state index in [1.807, 2.05) is 0 Å². The van der Waals surface area contributed by atoms with Crippen molar-refractivity contribution in [3.8, 4) is 5.75 Å². The molecular formula is C15H9F5O2. The molecule has 0 saturated carbocycles. The molecule has 7 heteroatoms. The third kappa shape index (κ3) is 2.79. The fourth-order valence-electron chi connectivity index (χ4n) is 1.74. The number of rotatable bonds is 3. The molecule has 0 aliphatic carbocycles. The first-order valence-electron chi connectivity index (χ1n) is 6.12. The average molecular weight is 316 g/mol. The van der Waals surface area contributed by atoms with Crippen molar-refractivity contribution in [2.24, 2.45) is 0 Å². The molecule has 0 aliphatic rings. The third-order valence-electron chi connectivity index (χ3n) is 3.03. The molecule has 0 saturated heterocycles. The molecule has 0 aromatic heterocycles. The standard InChI is InChI=1S/C15H9F5O2/c1-7(8-5-3-2-4-6-8)15(21)22-14-12(19)10(17)9(16)11(18)13(14)20/h2-7H,1H3. The summed E-state index contributed by atoms with van der Waals surface area (Å²) in [5.74, 6) is -14.7. The number of halogens is 5. The molecule has 0 heterocycles. The van der Waals surface area contributed by atoms with Crippen LogP contribution in [0.5, 0.6) is 5.75 Å². The normalized spacial score (nSPS) is 12.1. The first kappa shape index (κ1) is 15.9. The van der Waals surface area contributed by atoms with Gasteiger partial charge in [-0.05, 0) is 12.5 Å². The van der Waals surface area contributed by atoms with Crippen LogP contribution in [0, 0.1) is 29.1 Å². The van der Waals surface area contributed by atoms with Gasteiger partial charge in [-0.2, -0.15) is 8.78 Å². The van der Waals surface area contributed by atoms with Crippen LogP contribution in [0.2, 0.25) is 0 Å². The molecule has 0 spiro atoms. The minimum Gasteiger partial charge on any atom is -0.420 e. The average Bonchev–Trinajstić information content (AvgIpc) is 2.55. The highest BCUT2D eigenvalue weighted by atomic mass is 19.2. The van der Waals surface area contributed by atoms with Gasteiger partial charge in [0.2, 0.25) is 34.8 Å². The van der Waals surface area contributed by atoms with Gasteiger partial charge in [-0.1, -0.05) is 30.3 Å². The largest absolute Gasteiger partial charge is 0.420 e. The van der Waals surface area contributed by atoms with E-state index in [4.69, 9.17) is 0 Å². The van der Waals surface area contributed by atoms with Crippen LogP contribution in [0.3, 0.4) is 0 Å². The Morgan fingerprint density at radius 2 is 1.32 bits per heavy atom. The molecule has 0 aliphatic heterocycles. The maximum Gasteiger partial charge on any atom is 0.318 e. The fourth-order valence-corrected chi connectivity index (χ4v) is 1.74. The quantitative estimate of drug-likeness (QED) is 0.280. The van der Waals surface area contributed by atoms with Crippen molar-refractivity contribution in [3.63, 3.8) is 0 Å². The summed E-state index contributed by atoms with van der Waals surface area (Å²) in [6.45, 7) is 1.38. The molecule has 2 rings (SSSR count). The van der Waals surface area contributed by atoms with Crippen LogP contribution in [-0.2, 0) is 4.79 Å². The van der Waals surface area contributed by atoms with Crippen LogP contribution >= 0.6 is 0 Å². The van der Waals surface area contributed by atoms with Crippen molar-refractivity contribution < 1.29 is 31.5 Å². The van der Waals surface area contributed by atoms with E-state index in [0.29, 0.717) is 5.56 Å². The number of esters is 1.